The fraction of sp³-hybridized carbons (Fsp3) is 0.409. The molecular formula is C22H25F4N5O. The second kappa shape index (κ2) is 8.76. The van der Waals surface area contributed by atoms with Crippen molar-refractivity contribution in [3.63, 3.8) is 0 Å². The van der Waals surface area contributed by atoms with Crippen LogP contribution in [0.3, 0.4) is 0 Å². The van der Waals surface area contributed by atoms with Crippen LogP contribution in [0.2, 0.25) is 0 Å². The molecule has 1 fully saturated rings. The van der Waals surface area contributed by atoms with Gasteiger partial charge >= 0.3 is 6.18 Å². The molecule has 1 amide bonds. The number of hydrogen-bond acceptors (Lipinski definition) is 4. The predicted molar refractivity (Wildman–Crippen MR) is 113 cm³/mol. The average Bonchev–Trinajstić information content (AvgIpc) is 3.23. The van der Waals surface area contributed by atoms with E-state index >= 15 is 0 Å². The largest absolute Gasteiger partial charge is 0.434 e. The van der Waals surface area contributed by atoms with Gasteiger partial charge in [0.25, 0.3) is 5.91 Å². The number of halogens is 4. The zero-order chi connectivity index (χ0) is 23.8. The fourth-order valence-corrected chi connectivity index (χ4v) is 3.86. The number of amides is 1. The third kappa shape index (κ3) is 4.53. The van der Waals surface area contributed by atoms with Gasteiger partial charge in [0, 0.05) is 18.4 Å². The van der Waals surface area contributed by atoms with E-state index in [0.29, 0.717) is 17.1 Å². The standard InChI is InChI=1S/C22H25F4N5O/c1-12(2)20(29-16-7-5-15(23)6-8-16)18(10-27)31-13(3)9-17(21(31)32)30-11-19(22(24,25)26)28-14(30)4/h5-8,10-13,17H,9,27H2,1-4H3. The number of aryl methyl sites for hydroxylation is 1. The molecule has 2 N–H and O–H groups in total. The summed E-state index contributed by atoms with van der Waals surface area (Å²) in [6.07, 6.45) is -2.17. The minimum atomic E-state index is -4.60. The molecule has 1 saturated heterocycles. The van der Waals surface area contributed by atoms with Crippen molar-refractivity contribution >= 4 is 17.3 Å². The molecule has 172 valence electrons. The van der Waals surface area contributed by atoms with Gasteiger partial charge in [-0.25, -0.2) is 9.37 Å². The summed E-state index contributed by atoms with van der Waals surface area (Å²) in [5.41, 5.74) is 6.24. The Kier molecular flexibility index (Phi) is 6.43. The Hall–Kier alpha value is -3.17. The fourth-order valence-electron chi connectivity index (χ4n) is 3.86. The Morgan fingerprint density at radius 3 is 2.41 bits per heavy atom. The Labute approximate surface area is 183 Å². The SMILES string of the molecule is Cc1nc(C(F)(F)F)cn1C1CC(C)N(C(=CN)C(=Nc2ccc(F)cc2)C(C)C)C1=O. The van der Waals surface area contributed by atoms with Crippen LogP contribution in [0.1, 0.15) is 44.8 Å². The van der Waals surface area contributed by atoms with Crippen LogP contribution in [0.4, 0.5) is 23.2 Å². The third-order valence-corrected chi connectivity index (χ3v) is 5.37. The van der Waals surface area contributed by atoms with E-state index in [1.165, 1.54) is 46.9 Å². The van der Waals surface area contributed by atoms with Gasteiger partial charge in [0.2, 0.25) is 0 Å². The number of alkyl halides is 3. The smallest absolute Gasteiger partial charge is 0.403 e. The number of nitrogens with zero attached hydrogens (tertiary/aromatic N) is 4. The molecule has 6 nitrogen and oxygen atoms in total. The number of carbonyl (C=O) groups is 1. The summed E-state index contributed by atoms with van der Waals surface area (Å²) >= 11 is 0. The first-order valence-electron chi connectivity index (χ1n) is 10.2. The van der Waals surface area contributed by atoms with Crippen LogP contribution in [-0.2, 0) is 11.0 Å². The van der Waals surface area contributed by atoms with Crippen LogP contribution in [0.15, 0.2) is 47.4 Å². The molecule has 10 heteroatoms. The molecule has 2 aromatic rings. The minimum absolute atomic E-state index is 0.104. The van der Waals surface area contributed by atoms with Crippen molar-refractivity contribution in [2.45, 2.75) is 52.4 Å². The van der Waals surface area contributed by atoms with Gasteiger partial charge in [-0.05, 0) is 50.5 Å². The maximum atomic E-state index is 13.3. The molecule has 1 aliphatic heterocycles. The number of likely N-dealkylation sites (tertiary alicyclic amines) is 1. The molecule has 2 unspecified atom stereocenters. The lowest BCUT2D eigenvalue weighted by Gasteiger charge is -2.27. The normalized spacial score (nSPS) is 20.5. The van der Waals surface area contributed by atoms with Crippen molar-refractivity contribution < 1.29 is 22.4 Å². The number of nitrogens with two attached hydrogens (primary N) is 1. The molecule has 2 heterocycles. The third-order valence-electron chi connectivity index (χ3n) is 5.37. The van der Waals surface area contributed by atoms with E-state index in [0.717, 1.165) is 6.20 Å². The first-order chi connectivity index (χ1) is 14.9. The molecule has 0 spiro atoms. The van der Waals surface area contributed by atoms with E-state index in [1.54, 1.807) is 6.92 Å². The van der Waals surface area contributed by atoms with Gasteiger partial charge in [-0.1, -0.05) is 13.8 Å². The highest BCUT2D eigenvalue weighted by Crippen LogP contribution is 2.36. The molecule has 0 aliphatic carbocycles. The number of allylic oxidation sites excluding steroid dienone is 1. The van der Waals surface area contributed by atoms with Crippen LogP contribution >= 0.6 is 0 Å². The number of aromatic nitrogens is 2. The molecule has 1 aromatic carbocycles. The van der Waals surface area contributed by atoms with Crippen LogP contribution < -0.4 is 5.73 Å². The van der Waals surface area contributed by atoms with E-state index in [-0.39, 0.29) is 24.2 Å². The zero-order valence-corrected chi connectivity index (χ0v) is 18.2. The second-order valence-corrected chi connectivity index (χ2v) is 8.07. The summed E-state index contributed by atoms with van der Waals surface area (Å²) in [5.74, 6) is -0.826. The molecule has 1 aliphatic rings. The average molecular weight is 451 g/mol. The lowest BCUT2D eigenvalue weighted by atomic mass is 10.0. The maximum Gasteiger partial charge on any atom is 0.434 e. The maximum absolute atomic E-state index is 13.3. The number of benzene rings is 1. The monoisotopic (exact) mass is 451 g/mol. The molecule has 0 saturated carbocycles. The van der Waals surface area contributed by atoms with Gasteiger partial charge in [0.1, 0.15) is 17.7 Å². The highest BCUT2D eigenvalue weighted by atomic mass is 19.4. The lowest BCUT2D eigenvalue weighted by molar-refractivity contribution is -0.141. The number of imidazole rings is 1. The molecule has 2 atom stereocenters. The number of aliphatic imine (C=N–C) groups is 1. The quantitative estimate of drug-likeness (QED) is 0.527. The van der Waals surface area contributed by atoms with Gasteiger partial charge in [-0.15, -0.1) is 0 Å². The predicted octanol–water partition coefficient (Wildman–Crippen LogP) is 4.74. The van der Waals surface area contributed by atoms with Crippen molar-refractivity contribution in [3.8, 4) is 0 Å². The molecule has 0 radical (unpaired) electrons. The van der Waals surface area contributed by atoms with E-state index in [9.17, 15) is 22.4 Å². The Bertz CT molecular complexity index is 1050. The summed E-state index contributed by atoms with van der Waals surface area (Å²) in [5, 5.41) is 0. The van der Waals surface area contributed by atoms with Gasteiger partial charge < -0.3 is 15.2 Å². The van der Waals surface area contributed by atoms with E-state index in [2.05, 4.69) is 9.98 Å². The summed E-state index contributed by atoms with van der Waals surface area (Å²) in [6, 6.07) is 4.40. The summed E-state index contributed by atoms with van der Waals surface area (Å²) < 4.78 is 53.8. The topological polar surface area (TPSA) is 76.5 Å². The lowest BCUT2D eigenvalue weighted by Crippen LogP contribution is -2.37. The van der Waals surface area contributed by atoms with Crippen LogP contribution in [0, 0.1) is 18.7 Å². The van der Waals surface area contributed by atoms with E-state index in [4.69, 9.17) is 5.73 Å². The van der Waals surface area contributed by atoms with E-state index in [1.807, 2.05) is 13.8 Å². The molecule has 32 heavy (non-hydrogen) atoms. The summed E-state index contributed by atoms with van der Waals surface area (Å²) in [6.45, 7) is 6.99. The zero-order valence-electron chi connectivity index (χ0n) is 18.2. The van der Waals surface area contributed by atoms with Crippen molar-refractivity contribution in [2.75, 3.05) is 0 Å². The highest BCUT2D eigenvalue weighted by Gasteiger charge is 2.43. The van der Waals surface area contributed by atoms with Crippen molar-refractivity contribution in [1.29, 1.82) is 0 Å². The van der Waals surface area contributed by atoms with Crippen molar-refractivity contribution in [2.24, 2.45) is 16.6 Å². The first kappa shape index (κ1) is 23.5. The van der Waals surface area contributed by atoms with Crippen LogP contribution in [0.25, 0.3) is 0 Å². The van der Waals surface area contributed by atoms with Crippen molar-refractivity contribution in [1.82, 2.24) is 14.5 Å². The van der Waals surface area contributed by atoms with Gasteiger partial charge in [0.05, 0.1) is 17.1 Å². The number of carbonyl (C=O) groups excluding carboxylic acids is 1. The molecule has 0 bridgehead atoms. The summed E-state index contributed by atoms with van der Waals surface area (Å²) in [7, 11) is 0. The molecule has 1 aromatic heterocycles. The molecular weight excluding hydrogens is 426 g/mol. The summed E-state index contributed by atoms with van der Waals surface area (Å²) in [4.78, 5) is 23.0. The minimum Gasteiger partial charge on any atom is -0.403 e. The van der Waals surface area contributed by atoms with Crippen LogP contribution in [-0.4, -0.2) is 32.1 Å². The Morgan fingerprint density at radius 1 is 1.28 bits per heavy atom. The van der Waals surface area contributed by atoms with E-state index < -0.39 is 29.6 Å². The highest BCUT2D eigenvalue weighted by molar-refractivity contribution is 6.06. The molecule has 3 rings (SSSR count). The second-order valence-electron chi connectivity index (χ2n) is 8.07. The van der Waals surface area contributed by atoms with Gasteiger partial charge in [0.15, 0.2) is 5.69 Å². The number of rotatable bonds is 5. The van der Waals surface area contributed by atoms with Crippen LogP contribution in [0.5, 0.6) is 0 Å². The number of hydrogen-bond donors (Lipinski definition) is 1. The Balaban J connectivity index is 1.98. The van der Waals surface area contributed by atoms with Crippen molar-refractivity contribution in [3.05, 3.63) is 59.7 Å². The Morgan fingerprint density at radius 2 is 1.91 bits per heavy atom. The first-order valence-corrected chi connectivity index (χ1v) is 10.2. The van der Waals surface area contributed by atoms with Gasteiger partial charge in [-0.2, -0.15) is 13.2 Å². The van der Waals surface area contributed by atoms with Gasteiger partial charge in [-0.3, -0.25) is 9.79 Å².